The van der Waals surface area contributed by atoms with Gasteiger partial charge < -0.3 is 10.6 Å². The highest BCUT2D eigenvalue weighted by atomic mass is 79.9. The second-order valence-corrected chi connectivity index (χ2v) is 8.85. The predicted molar refractivity (Wildman–Crippen MR) is 106 cm³/mol. The molecule has 0 fully saturated rings. The lowest BCUT2D eigenvalue weighted by Crippen LogP contribution is -2.49. The van der Waals surface area contributed by atoms with Gasteiger partial charge in [-0.3, -0.25) is 4.79 Å². The van der Waals surface area contributed by atoms with Crippen LogP contribution in [0.25, 0.3) is 0 Å². The zero-order chi connectivity index (χ0) is 17.9. The zero-order valence-electron chi connectivity index (χ0n) is 11.8. The van der Waals surface area contributed by atoms with Crippen molar-refractivity contribution in [3.8, 4) is 0 Å². The average Bonchev–Trinajstić information content (AvgIpc) is 2.49. The number of hydrogen-bond acceptors (Lipinski definition) is 2. The van der Waals surface area contributed by atoms with Gasteiger partial charge in [-0.2, -0.15) is 0 Å². The van der Waals surface area contributed by atoms with Gasteiger partial charge in [-0.05, 0) is 42.5 Å². The monoisotopic (exact) mass is 488 g/mol. The fraction of sp³-hybridized carbons (Fsp3) is 0.133. The van der Waals surface area contributed by atoms with Crippen molar-refractivity contribution < 1.29 is 4.79 Å². The molecule has 0 spiro atoms. The van der Waals surface area contributed by atoms with Gasteiger partial charge in [0.2, 0.25) is 3.79 Å². The molecule has 0 aliphatic heterocycles. The SMILES string of the molecule is O=C(N[C@@H](Nc1cc(Cl)ccc1Cl)C(Cl)(Cl)Cl)c1ccc(Br)cc1. The van der Waals surface area contributed by atoms with E-state index in [0.717, 1.165) is 4.47 Å². The highest BCUT2D eigenvalue weighted by Crippen LogP contribution is 2.34. The Morgan fingerprint density at radius 3 is 2.25 bits per heavy atom. The normalized spacial score (nSPS) is 12.6. The molecule has 2 N–H and O–H groups in total. The first-order valence-electron chi connectivity index (χ1n) is 6.51. The number of carbonyl (C=O) groups excluding carboxylic acids is 1. The molecule has 0 aliphatic carbocycles. The summed E-state index contributed by atoms with van der Waals surface area (Å²) in [5, 5.41) is 6.33. The summed E-state index contributed by atoms with van der Waals surface area (Å²) < 4.78 is -0.975. The van der Waals surface area contributed by atoms with Crippen molar-refractivity contribution in [2.45, 2.75) is 9.96 Å². The minimum atomic E-state index is -1.82. The quantitative estimate of drug-likeness (QED) is 0.390. The fourth-order valence-electron chi connectivity index (χ4n) is 1.78. The lowest BCUT2D eigenvalue weighted by molar-refractivity contribution is 0.0942. The first-order valence-corrected chi connectivity index (χ1v) is 9.20. The summed E-state index contributed by atoms with van der Waals surface area (Å²) in [5.41, 5.74) is 0.841. The van der Waals surface area contributed by atoms with Gasteiger partial charge in [-0.25, -0.2) is 0 Å². The summed E-state index contributed by atoms with van der Waals surface area (Å²) in [6.45, 7) is 0. The summed E-state index contributed by atoms with van der Waals surface area (Å²) in [5.74, 6) is -0.413. The summed E-state index contributed by atoms with van der Waals surface area (Å²) >= 11 is 33.2. The van der Waals surface area contributed by atoms with Crippen LogP contribution in [-0.2, 0) is 0 Å². The number of rotatable bonds is 4. The van der Waals surface area contributed by atoms with Gasteiger partial charge >= 0.3 is 0 Å². The van der Waals surface area contributed by atoms with Gasteiger partial charge in [0.15, 0.2) is 0 Å². The number of benzene rings is 2. The third kappa shape index (κ3) is 5.58. The van der Waals surface area contributed by atoms with E-state index in [1.165, 1.54) is 0 Å². The molecule has 1 atom stereocenters. The molecule has 0 heterocycles. The van der Waals surface area contributed by atoms with Gasteiger partial charge in [0, 0.05) is 15.1 Å². The number of hydrogen-bond donors (Lipinski definition) is 2. The third-order valence-electron chi connectivity index (χ3n) is 2.94. The summed E-state index contributed by atoms with van der Waals surface area (Å²) in [6, 6.07) is 11.5. The molecule has 9 heteroatoms. The maximum absolute atomic E-state index is 12.4. The first-order chi connectivity index (χ1) is 11.2. The molecular weight excluding hydrogens is 481 g/mol. The molecule has 2 aromatic rings. The molecule has 0 saturated carbocycles. The fourth-order valence-corrected chi connectivity index (χ4v) is 2.71. The highest BCUT2D eigenvalue weighted by molar-refractivity contribution is 9.10. The zero-order valence-corrected chi connectivity index (χ0v) is 17.2. The van der Waals surface area contributed by atoms with Crippen molar-refractivity contribution >= 4 is 85.5 Å². The average molecular weight is 491 g/mol. The molecule has 2 aromatic carbocycles. The molecule has 0 aromatic heterocycles. The molecule has 0 saturated heterocycles. The predicted octanol–water partition coefficient (Wildman–Crippen LogP) is 6.29. The molecule has 128 valence electrons. The lowest BCUT2D eigenvalue weighted by atomic mass is 10.2. The van der Waals surface area contributed by atoms with Gasteiger partial charge in [0.05, 0.1) is 10.7 Å². The molecule has 3 nitrogen and oxygen atoms in total. The van der Waals surface area contributed by atoms with Crippen molar-refractivity contribution in [1.29, 1.82) is 0 Å². The number of nitrogens with one attached hydrogen (secondary N) is 2. The van der Waals surface area contributed by atoms with Crippen molar-refractivity contribution in [1.82, 2.24) is 5.32 Å². The summed E-state index contributed by atoms with van der Waals surface area (Å²) in [7, 11) is 0. The van der Waals surface area contributed by atoms with Crippen LogP contribution in [0.5, 0.6) is 0 Å². The Bertz CT molecular complexity index is 734. The van der Waals surface area contributed by atoms with E-state index in [1.54, 1.807) is 42.5 Å². The Hall–Kier alpha value is -0.360. The Labute approximate surface area is 172 Å². The van der Waals surface area contributed by atoms with E-state index < -0.39 is 15.9 Å². The smallest absolute Gasteiger partial charge is 0.252 e. The highest BCUT2D eigenvalue weighted by Gasteiger charge is 2.34. The minimum Gasteiger partial charge on any atom is -0.361 e. The number of carbonyl (C=O) groups is 1. The van der Waals surface area contributed by atoms with Crippen LogP contribution in [0.3, 0.4) is 0 Å². The Kier molecular flexibility index (Phi) is 6.94. The summed E-state index contributed by atoms with van der Waals surface area (Å²) in [4.78, 5) is 12.4. The molecular formula is C15H10BrCl5N2O. The molecule has 0 radical (unpaired) electrons. The van der Waals surface area contributed by atoms with Gasteiger partial charge in [-0.15, -0.1) is 0 Å². The van der Waals surface area contributed by atoms with Crippen LogP contribution in [0.2, 0.25) is 10.0 Å². The minimum absolute atomic E-state index is 0.372. The molecule has 1 amide bonds. The van der Waals surface area contributed by atoms with E-state index in [2.05, 4.69) is 26.6 Å². The maximum Gasteiger partial charge on any atom is 0.252 e. The second-order valence-electron chi connectivity index (χ2n) is 4.72. The van der Waals surface area contributed by atoms with E-state index >= 15 is 0 Å². The topological polar surface area (TPSA) is 41.1 Å². The van der Waals surface area contributed by atoms with E-state index in [0.29, 0.717) is 21.3 Å². The largest absolute Gasteiger partial charge is 0.361 e. The Balaban J connectivity index is 2.21. The second kappa shape index (κ2) is 8.35. The van der Waals surface area contributed by atoms with Crippen LogP contribution in [0.4, 0.5) is 5.69 Å². The third-order valence-corrected chi connectivity index (χ3v) is 4.69. The van der Waals surface area contributed by atoms with Crippen LogP contribution in [0.15, 0.2) is 46.9 Å². The van der Waals surface area contributed by atoms with Gasteiger partial charge in [0.25, 0.3) is 5.91 Å². The lowest BCUT2D eigenvalue weighted by Gasteiger charge is -2.28. The van der Waals surface area contributed by atoms with Crippen LogP contribution < -0.4 is 10.6 Å². The van der Waals surface area contributed by atoms with Crippen LogP contribution in [0, 0.1) is 0 Å². The van der Waals surface area contributed by atoms with Gasteiger partial charge in [-0.1, -0.05) is 73.9 Å². The Morgan fingerprint density at radius 2 is 1.67 bits per heavy atom. The number of halogens is 6. The number of amides is 1. The number of anilines is 1. The molecule has 0 bridgehead atoms. The molecule has 2 rings (SSSR count). The maximum atomic E-state index is 12.4. The molecule has 0 unspecified atom stereocenters. The van der Waals surface area contributed by atoms with Crippen molar-refractivity contribution in [2.75, 3.05) is 5.32 Å². The van der Waals surface area contributed by atoms with Crippen LogP contribution in [0.1, 0.15) is 10.4 Å². The molecule has 0 aliphatic rings. The van der Waals surface area contributed by atoms with Crippen molar-refractivity contribution in [3.63, 3.8) is 0 Å². The van der Waals surface area contributed by atoms with E-state index in [-0.39, 0.29) is 0 Å². The van der Waals surface area contributed by atoms with E-state index in [9.17, 15) is 4.79 Å². The van der Waals surface area contributed by atoms with E-state index in [1.807, 2.05) is 0 Å². The first kappa shape index (κ1) is 20.0. The van der Waals surface area contributed by atoms with Crippen LogP contribution >= 0.6 is 73.9 Å². The molecule has 24 heavy (non-hydrogen) atoms. The summed E-state index contributed by atoms with van der Waals surface area (Å²) in [6.07, 6.45) is -1.03. The van der Waals surface area contributed by atoms with Crippen molar-refractivity contribution in [3.05, 3.63) is 62.5 Å². The standard InChI is InChI=1S/C15H10BrCl5N2O/c16-9-3-1-8(2-4-9)13(24)23-14(15(19,20)21)22-12-7-10(17)5-6-11(12)18/h1-7,14,22H,(H,23,24)/t14-/m1/s1. The van der Waals surface area contributed by atoms with Crippen LogP contribution in [-0.4, -0.2) is 15.9 Å². The Morgan fingerprint density at radius 1 is 1.04 bits per heavy atom. The van der Waals surface area contributed by atoms with Gasteiger partial charge in [0.1, 0.15) is 6.17 Å². The van der Waals surface area contributed by atoms with Crippen molar-refractivity contribution in [2.24, 2.45) is 0 Å². The van der Waals surface area contributed by atoms with E-state index in [4.69, 9.17) is 58.0 Å². The number of alkyl halides is 3.